The molecule has 0 aliphatic carbocycles. The molecule has 0 bridgehead atoms. The van der Waals surface area contributed by atoms with Gasteiger partial charge < -0.3 is 15.5 Å². The van der Waals surface area contributed by atoms with Crippen molar-refractivity contribution in [1.29, 1.82) is 0 Å². The molecule has 136 valence electrons. The smallest absolute Gasteiger partial charge is 0.191 e. The first-order valence-corrected chi connectivity index (χ1v) is 10.1. The van der Waals surface area contributed by atoms with Gasteiger partial charge in [0, 0.05) is 43.3 Å². The van der Waals surface area contributed by atoms with Crippen molar-refractivity contribution in [3.05, 3.63) is 16.1 Å². The van der Waals surface area contributed by atoms with Crippen LogP contribution in [-0.2, 0) is 13.0 Å². The molecule has 0 spiro atoms. The molecule has 5 nitrogen and oxygen atoms in total. The minimum absolute atomic E-state index is 0.522. The predicted molar refractivity (Wildman–Crippen MR) is 104 cm³/mol. The summed E-state index contributed by atoms with van der Waals surface area (Å²) in [6.45, 7) is 14.0. The van der Waals surface area contributed by atoms with E-state index in [-0.39, 0.29) is 0 Å². The van der Waals surface area contributed by atoms with Crippen molar-refractivity contribution in [2.24, 2.45) is 10.9 Å². The molecule has 6 heteroatoms. The van der Waals surface area contributed by atoms with Crippen molar-refractivity contribution in [2.75, 3.05) is 26.2 Å². The first-order valence-electron chi connectivity index (χ1n) is 9.31. The Morgan fingerprint density at radius 2 is 2.12 bits per heavy atom. The van der Waals surface area contributed by atoms with Crippen LogP contribution in [0.25, 0.3) is 0 Å². The predicted octanol–water partition coefficient (Wildman–Crippen LogP) is 2.88. The Labute approximate surface area is 151 Å². The topological polar surface area (TPSA) is 52.6 Å². The highest BCUT2D eigenvalue weighted by Crippen LogP contribution is 2.15. The van der Waals surface area contributed by atoms with Crippen LogP contribution >= 0.6 is 11.3 Å². The summed E-state index contributed by atoms with van der Waals surface area (Å²) in [6.07, 6.45) is 5.40. The lowest BCUT2D eigenvalue weighted by Crippen LogP contribution is -2.49. The fourth-order valence-electron chi connectivity index (χ4n) is 3.02. The van der Waals surface area contributed by atoms with Crippen molar-refractivity contribution >= 4 is 17.3 Å². The van der Waals surface area contributed by atoms with Gasteiger partial charge in [-0.25, -0.2) is 9.98 Å². The fraction of sp³-hybridized carbons (Fsp3) is 0.778. The lowest BCUT2D eigenvalue weighted by molar-refractivity contribution is 0.187. The number of nitrogens with one attached hydrogen (secondary N) is 2. The lowest BCUT2D eigenvalue weighted by atomic mass is 10.0. The molecule has 1 aliphatic heterocycles. The Morgan fingerprint density at radius 1 is 1.38 bits per heavy atom. The molecule has 0 saturated carbocycles. The van der Waals surface area contributed by atoms with E-state index < -0.39 is 0 Å². The van der Waals surface area contributed by atoms with E-state index >= 15 is 0 Å². The fourth-order valence-corrected chi connectivity index (χ4v) is 3.81. The van der Waals surface area contributed by atoms with Crippen LogP contribution in [0.2, 0.25) is 0 Å². The minimum atomic E-state index is 0.522. The number of rotatable bonds is 7. The molecule has 0 amide bonds. The maximum absolute atomic E-state index is 4.72. The van der Waals surface area contributed by atoms with E-state index in [1.54, 1.807) is 11.3 Å². The van der Waals surface area contributed by atoms with Gasteiger partial charge in [-0.2, -0.15) is 0 Å². The van der Waals surface area contributed by atoms with Gasteiger partial charge in [0.25, 0.3) is 0 Å². The normalized spacial score (nSPS) is 17.5. The third-order valence-corrected chi connectivity index (χ3v) is 5.34. The molecule has 0 unspecified atom stereocenters. The van der Waals surface area contributed by atoms with Crippen molar-refractivity contribution in [3.63, 3.8) is 0 Å². The average Bonchev–Trinajstić information content (AvgIpc) is 3.02. The highest BCUT2D eigenvalue weighted by atomic mass is 32.1. The van der Waals surface area contributed by atoms with E-state index in [9.17, 15) is 0 Å². The Hall–Kier alpha value is -1.14. The third-order valence-electron chi connectivity index (χ3n) is 4.22. The molecule has 1 aliphatic rings. The van der Waals surface area contributed by atoms with E-state index in [1.165, 1.54) is 37.4 Å². The Morgan fingerprint density at radius 3 is 2.71 bits per heavy atom. The van der Waals surface area contributed by atoms with Crippen molar-refractivity contribution < 1.29 is 0 Å². The highest BCUT2D eigenvalue weighted by Gasteiger charge is 2.20. The van der Waals surface area contributed by atoms with Gasteiger partial charge in [0.2, 0.25) is 0 Å². The van der Waals surface area contributed by atoms with Gasteiger partial charge in [-0.05, 0) is 32.1 Å². The van der Waals surface area contributed by atoms with Crippen LogP contribution in [0.5, 0.6) is 0 Å². The molecule has 1 saturated heterocycles. The van der Waals surface area contributed by atoms with E-state index in [4.69, 9.17) is 4.99 Å². The van der Waals surface area contributed by atoms with Gasteiger partial charge in [0.05, 0.1) is 6.54 Å². The van der Waals surface area contributed by atoms with Gasteiger partial charge in [0.1, 0.15) is 5.01 Å². The summed E-state index contributed by atoms with van der Waals surface area (Å²) in [4.78, 5) is 13.1. The molecule has 2 rings (SSSR count). The summed E-state index contributed by atoms with van der Waals surface area (Å²) in [5, 5.41) is 8.07. The first kappa shape index (κ1) is 19.2. The number of aromatic nitrogens is 1. The zero-order chi connectivity index (χ0) is 17.4. The van der Waals surface area contributed by atoms with Crippen LogP contribution in [0, 0.1) is 5.92 Å². The Bertz CT molecular complexity index is 503. The minimum Gasteiger partial charge on any atom is -0.357 e. The third kappa shape index (κ3) is 6.40. The van der Waals surface area contributed by atoms with Gasteiger partial charge >= 0.3 is 0 Å². The maximum atomic E-state index is 4.72. The number of hydrogen-bond donors (Lipinski definition) is 2. The second-order valence-corrected chi connectivity index (χ2v) is 8.08. The molecule has 0 radical (unpaired) electrons. The SMILES string of the molecule is CCNC(=NCc1ncc(CC)s1)NC1CCN(CC(C)C)CC1. The number of likely N-dealkylation sites (tertiary alicyclic amines) is 1. The zero-order valence-corrected chi connectivity index (χ0v) is 16.5. The standard InChI is InChI=1S/C18H33N5S/c1-5-16-11-20-17(24-16)12-21-18(19-6-2)22-15-7-9-23(10-8-15)13-14(3)4/h11,14-15H,5-10,12-13H2,1-4H3,(H2,19,21,22). The number of piperidine rings is 1. The Balaban J connectivity index is 1.83. The average molecular weight is 352 g/mol. The number of nitrogens with zero attached hydrogens (tertiary/aromatic N) is 3. The van der Waals surface area contributed by atoms with Crippen LogP contribution in [-0.4, -0.2) is 48.1 Å². The molecule has 1 fully saturated rings. The summed E-state index contributed by atoms with van der Waals surface area (Å²) in [5.41, 5.74) is 0. The molecule has 2 heterocycles. The van der Waals surface area contributed by atoms with E-state index in [0.717, 1.165) is 29.9 Å². The van der Waals surface area contributed by atoms with E-state index in [2.05, 4.69) is 48.2 Å². The largest absolute Gasteiger partial charge is 0.357 e. The number of aryl methyl sites for hydroxylation is 1. The maximum Gasteiger partial charge on any atom is 0.191 e. The number of thiazole rings is 1. The summed E-state index contributed by atoms with van der Waals surface area (Å²) in [7, 11) is 0. The summed E-state index contributed by atoms with van der Waals surface area (Å²) in [6, 6.07) is 0.522. The Kier molecular flexibility index (Phi) is 7.99. The summed E-state index contributed by atoms with van der Waals surface area (Å²) >= 11 is 1.76. The quantitative estimate of drug-likeness (QED) is 0.586. The monoisotopic (exact) mass is 351 g/mol. The molecule has 24 heavy (non-hydrogen) atoms. The zero-order valence-electron chi connectivity index (χ0n) is 15.6. The van der Waals surface area contributed by atoms with Gasteiger partial charge in [-0.1, -0.05) is 20.8 Å². The number of guanidine groups is 1. The highest BCUT2D eigenvalue weighted by molar-refractivity contribution is 7.11. The van der Waals surface area contributed by atoms with Crippen LogP contribution in [0.1, 0.15) is 50.4 Å². The molecule has 1 aromatic rings. The van der Waals surface area contributed by atoms with Crippen LogP contribution in [0.3, 0.4) is 0 Å². The molecule has 2 N–H and O–H groups in total. The van der Waals surface area contributed by atoms with Gasteiger partial charge in [0.15, 0.2) is 5.96 Å². The van der Waals surface area contributed by atoms with Crippen LogP contribution < -0.4 is 10.6 Å². The summed E-state index contributed by atoms with van der Waals surface area (Å²) < 4.78 is 0. The van der Waals surface area contributed by atoms with Gasteiger partial charge in [-0.15, -0.1) is 11.3 Å². The number of aliphatic imine (C=N–C) groups is 1. The molecule has 0 atom stereocenters. The lowest BCUT2D eigenvalue weighted by Gasteiger charge is -2.34. The second-order valence-electron chi connectivity index (χ2n) is 6.88. The summed E-state index contributed by atoms with van der Waals surface area (Å²) in [5.74, 6) is 1.67. The first-order chi connectivity index (χ1) is 11.6. The van der Waals surface area contributed by atoms with E-state index in [0.29, 0.717) is 12.6 Å². The molecule has 0 aromatic carbocycles. The number of hydrogen-bond acceptors (Lipinski definition) is 4. The molecular weight excluding hydrogens is 318 g/mol. The molecular formula is C18H33N5S. The van der Waals surface area contributed by atoms with Crippen LogP contribution in [0.4, 0.5) is 0 Å². The molecule has 1 aromatic heterocycles. The van der Waals surface area contributed by atoms with Crippen molar-refractivity contribution in [1.82, 2.24) is 20.5 Å². The van der Waals surface area contributed by atoms with Crippen molar-refractivity contribution in [3.8, 4) is 0 Å². The second kappa shape index (κ2) is 9.99. The van der Waals surface area contributed by atoms with Crippen molar-refractivity contribution in [2.45, 2.75) is 59.5 Å². The van der Waals surface area contributed by atoms with Crippen LogP contribution in [0.15, 0.2) is 11.2 Å². The van der Waals surface area contributed by atoms with E-state index in [1.807, 2.05) is 6.20 Å². The van der Waals surface area contributed by atoms with Gasteiger partial charge in [-0.3, -0.25) is 0 Å².